The van der Waals surface area contributed by atoms with Gasteiger partial charge in [-0.2, -0.15) is 0 Å². The number of aldehydes is 1. The second-order valence-electron chi connectivity index (χ2n) is 3.51. The van der Waals surface area contributed by atoms with Crippen LogP contribution in [-0.4, -0.2) is 6.29 Å². The fraction of sp³-hybridized carbons (Fsp3) is 0.364. The smallest absolute Gasteiger partial charge is 0.123 e. The van der Waals surface area contributed by atoms with E-state index in [0.717, 1.165) is 6.29 Å². The Hall–Kier alpha value is -1.11. The van der Waals surface area contributed by atoms with Crippen molar-refractivity contribution < 1.29 is 4.79 Å². The van der Waals surface area contributed by atoms with E-state index in [1.54, 1.807) is 0 Å². The Balaban J connectivity index is 2.19. The van der Waals surface area contributed by atoms with E-state index >= 15 is 0 Å². The molecule has 0 amide bonds. The molecule has 0 aromatic heterocycles. The van der Waals surface area contributed by atoms with E-state index in [9.17, 15) is 4.79 Å². The van der Waals surface area contributed by atoms with Crippen molar-refractivity contribution in [1.82, 2.24) is 0 Å². The van der Waals surface area contributed by atoms with Crippen molar-refractivity contribution in [3.63, 3.8) is 0 Å². The summed E-state index contributed by atoms with van der Waals surface area (Å²) in [7, 11) is 0. The van der Waals surface area contributed by atoms with Gasteiger partial charge in [-0.1, -0.05) is 37.3 Å². The molecular formula is C11H12O. The third kappa shape index (κ3) is 1.06. The van der Waals surface area contributed by atoms with Crippen LogP contribution in [0.2, 0.25) is 0 Å². The SMILES string of the molecule is C[C@H]1[C@H](C=O)[C@H]1c1ccccc1. The number of hydrogen-bond acceptors (Lipinski definition) is 1. The Morgan fingerprint density at radius 1 is 1.25 bits per heavy atom. The fourth-order valence-electron chi connectivity index (χ4n) is 1.90. The van der Waals surface area contributed by atoms with Crippen molar-refractivity contribution in [2.75, 3.05) is 0 Å². The third-order valence-electron chi connectivity index (χ3n) is 2.79. The van der Waals surface area contributed by atoms with E-state index in [0.29, 0.717) is 11.8 Å². The molecule has 2 rings (SSSR count). The van der Waals surface area contributed by atoms with Crippen LogP contribution in [-0.2, 0) is 4.79 Å². The number of rotatable bonds is 2. The van der Waals surface area contributed by atoms with Crippen LogP contribution in [0.3, 0.4) is 0 Å². The van der Waals surface area contributed by atoms with Crippen LogP contribution in [0.4, 0.5) is 0 Å². The molecule has 1 aliphatic rings. The second-order valence-corrected chi connectivity index (χ2v) is 3.51. The highest BCUT2D eigenvalue weighted by Crippen LogP contribution is 2.52. The topological polar surface area (TPSA) is 17.1 Å². The van der Waals surface area contributed by atoms with E-state index in [4.69, 9.17) is 0 Å². The van der Waals surface area contributed by atoms with Crippen molar-refractivity contribution in [1.29, 1.82) is 0 Å². The largest absolute Gasteiger partial charge is 0.303 e. The normalized spacial score (nSPS) is 32.9. The predicted octanol–water partition coefficient (Wildman–Crippen LogP) is 2.24. The maximum Gasteiger partial charge on any atom is 0.123 e. The van der Waals surface area contributed by atoms with Crippen LogP contribution in [0.15, 0.2) is 30.3 Å². The van der Waals surface area contributed by atoms with Gasteiger partial charge in [0.1, 0.15) is 6.29 Å². The summed E-state index contributed by atoms with van der Waals surface area (Å²) in [6.45, 7) is 2.14. The molecule has 1 fully saturated rings. The number of benzene rings is 1. The van der Waals surface area contributed by atoms with Crippen LogP contribution in [0, 0.1) is 11.8 Å². The lowest BCUT2D eigenvalue weighted by molar-refractivity contribution is -0.109. The van der Waals surface area contributed by atoms with Crippen LogP contribution in [0.1, 0.15) is 18.4 Å². The zero-order chi connectivity index (χ0) is 8.55. The molecule has 0 saturated heterocycles. The minimum absolute atomic E-state index is 0.271. The molecule has 1 aliphatic carbocycles. The third-order valence-corrected chi connectivity index (χ3v) is 2.79. The first kappa shape index (κ1) is 7.53. The van der Waals surface area contributed by atoms with Gasteiger partial charge in [0.2, 0.25) is 0 Å². The highest BCUT2D eigenvalue weighted by Gasteiger charge is 2.47. The van der Waals surface area contributed by atoms with Crippen LogP contribution < -0.4 is 0 Å². The number of hydrogen-bond donors (Lipinski definition) is 0. The summed E-state index contributed by atoms with van der Waals surface area (Å²) in [5.41, 5.74) is 1.31. The molecule has 0 heterocycles. The zero-order valence-corrected chi connectivity index (χ0v) is 7.10. The van der Waals surface area contributed by atoms with Crippen molar-refractivity contribution in [2.24, 2.45) is 11.8 Å². The van der Waals surface area contributed by atoms with Gasteiger partial charge >= 0.3 is 0 Å². The molecule has 1 nitrogen and oxygen atoms in total. The van der Waals surface area contributed by atoms with Gasteiger partial charge in [-0.25, -0.2) is 0 Å². The first-order valence-corrected chi connectivity index (χ1v) is 4.35. The molecular weight excluding hydrogens is 148 g/mol. The van der Waals surface area contributed by atoms with Crippen molar-refractivity contribution in [3.05, 3.63) is 35.9 Å². The van der Waals surface area contributed by atoms with Crippen molar-refractivity contribution in [2.45, 2.75) is 12.8 Å². The molecule has 0 aliphatic heterocycles. The molecule has 3 atom stereocenters. The zero-order valence-electron chi connectivity index (χ0n) is 7.10. The first-order chi connectivity index (χ1) is 5.84. The van der Waals surface area contributed by atoms with Gasteiger partial charge in [-0.05, 0) is 17.4 Å². The molecule has 1 aromatic rings. The van der Waals surface area contributed by atoms with Gasteiger partial charge < -0.3 is 4.79 Å². The Morgan fingerprint density at radius 2 is 1.92 bits per heavy atom. The highest BCUT2D eigenvalue weighted by molar-refractivity contribution is 5.62. The highest BCUT2D eigenvalue weighted by atomic mass is 16.1. The molecule has 1 aromatic carbocycles. The molecule has 12 heavy (non-hydrogen) atoms. The summed E-state index contributed by atoms with van der Waals surface area (Å²) in [4.78, 5) is 10.6. The van der Waals surface area contributed by atoms with Crippen LogP contribution >= 0.6 is 0 Å². The summed E-state index contributed by atoms with van der Waals surface area (Å²) in [6, 6.07) is 10.3. The number of carbonyl (C=O) groups is 1. The number of carbonyl (C=O) groups excluding carboxylic acids is 1. The summed E-state index contributed by atoms with van der Waals surface area (Å²) in [5.74, 6) is 1.31. The van der Waals surface area contributed by atoms with Gasteiger partial charge in [-0.3, -0.25) is 0 Å². The van der Waals surface area contributed by atoms with Crippen LogP contribution in [0.5, 0.6) is 0 Å². The van der Waals surface area contributed by atoms with Crippen molar-refractivity contribution in [3.8, 4) is 0 Å². The minimum Gasteiger partial charge on any atom is -0.303 e. The van der Waals surface area contributed by atoms with E-state index in [-0.39, 0.29) is 5.92 Å². The Kier molecular flexibility index (Phi) is 1.72. The van der Waals surface area contributed by atoms with E-state index in [1.165, 1.54) is 5.56 Å². The van der Waals surface area contributed by atoms with E-state index in [1.807, 2.05) is 18.2 Å². The Bertz CT molecular complexity index is 278. The molecule has 62 valence electrons. The molecule has 0 N–H and O–H groups in total. The van der Waals surface area contributed by atoms with Gasteiger partial charge in [0, 0.05) is 5.92 Å². The standard InChI is InChI=1S/C11H12O/c1-8-10(7-12)11(8)9-5-3-2-4-6-9/h2-8,10-11H,1H3/t8-,10-,11+/m0/s1. The molecule has 0 radical (unpaired) electrons. The summed E-state index contributed by atoms with van der Waals surface area (Å²) < 4.78 is 0. The minimum atomic E-state index is 0.271. The van der Waals surface area contributed by atoms with Gasteiger partial charge in [0.25, 0.3) is 0 Å². The molecule has 0 bridgehead atoms. The Labute approximate surface area is 72.4 Å². The van der Waals surface area contributed by atoms with Crippen molar-refractivity contribution >= 4 is 6.29 Å². The monoisotopic (exact) mass is 160 g/mol. The van der Waals surface area contributed by atoms with E-state index in [2.05, 4.69) is 19.1 Å². The molecule has 0 unspecified atom stereocenters. The summed E-state index contributed by atoms with van der Waals surface area (Å²) in [6.07, 6.45) is 1.09. The van der Waals surface area contributed by atoms with E-state index < -0.39 is 0 Å². The van der Waals surface area contributed by atoms with Gasteiger partial charge in [0.05, 0.1) is 0 Å². The predicted molar refractivity (Wildman–Crippen MR) is 47.9 cm³/mol. The van der Waals surface area contributed by atoms with Gasteiger partial charge in [0.15, 0.2) is 0 Å². The quantitative estimate of drug-likeness (QED) is 0.606. The average molecular weight is 160 g/mol. The average Bonchev–Trinajstić information content (AvgIpc) is 2.78. The molecule has 0 spiro atoms. The van der Waals surface area contributed by atoms with Crippen LogP contribution in [0.25, 0.3) is 0 Å². The maximum absolute atomic E-state index is 10.6. The molecule has 1 saturated carbocycles. The first-order valence-electron chi connectivity index (χ1n) is 4.35. The lowest BCUT2D eigenvalue weighted by Gasteiger charge is -1.95. The lowest BCUT2D eigenvalue weighted by atomic mass is 10.1. The fourth-order valence-corrected chi connectivity index (χ4v) is 1.90. The van der Waals surface area contributed by atoms with Gasteiger partial charge in [-0.15, -0.1) is 0 Å². The summed E-state index contributed by atoms with van der Waals surface area (Å²) in [5, 5.41) is 0. The maximum atomic E-state index is 10.6. The molecule has 1 heteroatoms. The second kappa shape index (κ2) is 2.74. The Morgan fingerprint density at radius 3 is 2.42 bits per heavy atom. The summed E-state index contributed by atoms with van der Waals surface area (Å²) >= 11 is 0. The lowest BCUT2D eigenvalue weighted by Crippen LogP contribution is -1.82.